The molecule has 1 aliphatic heterocycles. The van der Waals surface area contributed by atoms with Crippen LogP contribution in [0.1, 0.15) is 59.9 Å². The smallest absolute Gasteiger partial charge is 0.261 e. The fourth-order valence-corrected chi connectivity index (χ4v) is 3.26. The van der Waals surface area contributed by atoms with Crippen LogP contribution < -0.4 is 5.32 Å². The van der Waals surface area contributed by atoms with E-state index in [-0.39, 0.29) is 23.3 Å². The summed E-state index contributed by atoms with van der Waals surface area (Å²) < 4.78 is 10.7. The van der Waals surface area contributed by atoms with Crippen LogP contribution in [-0.2, 0) is 10.2 Å². The number of benzene rings is 1. The minimum absolute atomic E-state index is 0.0213. The SMILES string of the molecule is Cc1onc(C(C)(C)C)c1C(=O)Nc1cccc(C(=O)N2CCOC(C)C2)c1. The van der Waals surface area contributed by atoms with Gasteiger partial charge in [-0.3, -0.25) is 9.59 Å². The Balaban J connectivity index is 1.79. The molecular weight excluding hydrogens is 358 g/mol. The van der Waals surface area contributed by atoms with Gasteiger partial charge in [-0.05, 0) is 32.0 Å². The van der Waals surface area contributed by atoms with Crippen molar-refractivity contribution in [2.75, 3.05) is 25.0 Å². The standard InChI is InChI=1S/C21H27N3O4/c1-13-12-24(9-10-27-13)20(26)15-7-6-8-16(11-15)22-19(25)17-14(2)28-23-18(17)21(3,4)5/h6-8,11,13H,9-10,12H2,1-5H3,(H,22,25). The van der Waals surface area contributed by atoms with Crippen molar-refractivity contribution in [3.63, 3.8) is 0 Å². The summed E-state index contributed by atoms with van der Waals surface area (Å²) in [6, 6.07) is 6.97. The fourth-order valence-electron chi connectivity index (χ4n) is 3.26. The topological polar surface area (TPSA) is 84.7 Å². The van der Waals surface area contributed by atoms with Gasteiger partial charge in [-0.15, -0.1) is 0 Å². The second-order valence-electron chi connectivity index (χ2n) is 8.18. The molecule has 1 aromatic carbocycles. The Hall–Kier alpha value is -2.67. The molecule has 1 atom stereocenters. The summed E-state index contributed by atoms with van der Waals surface area (Å²) in [5, 5.41) is 6.93. The first-order valence-corrected chi connectivity index (χ1v) is 9.46. The lowest BCUT2D eigenvalue weighted by atomic mass is 9.88. The number of nitrogens with zero attached hydrogens (tertiary/aromatic N) is 2. The summed E-state index contributed by atoms with van der Waals surface area (Å²) in [6.07, 6.45) is 0.0213. The Kier molecular flexibility index (Phi) is 5.56. The second kappa shape index (κ2) is 7.75. The van der Waals surface area contributed by atoms with Gasteiger partial charge in [0.05, 0.1) is 12.7 Å². The van der Waals surface area contributed by atoms with Gasteiger partial charge < -0.3 is 19.5 Å². The monoisotopic (exact) mass is 385 g/mol. The average molecular weight is 385 g/mol. The van der Waals surface area contributed by atoms with Crippen molar-refractivity contribution < 1.29 is 18.8 Å². The van der Waals surface area contributed by atoms with Crippen LogP contribution in [-0.4, -0.2) is 47.7 Å². The number of nitrogens with one attached hydrogen (secondary N) is 1. The van der Waals surface area contributed by atoms with Gasteiger partial charge in [0.1, 0.15) is 17.0 Å². The molecule has 0 bridgehead atoms. The normalized spacial score (nSPS) is 17.5. The van der Waals surface area contributed by atoms with Crippen molar-refractivity contribution in [1.29, 1.82) is 0 Å². The summed E-state index contributed by atoms with van der Waals surface area (Å²) in [7, 11) is 0. The highest BCUT2D eigenvalue weighted by Crippen LogP contribution is 2.27. The zero-order valence-electron chi connectivity index (χ0n) is 17.0. The van der Waals surface area contributed by atoms with E-state index in [2.05, 4.69) is 10.5 Å². The third-order valence-corrected chi connectivity index (χ3v) is 4.70. The zero-order valence-corrected chi connectivity index (χ0v) is 17.0. The van der Waals surface area contributed by atoms with Crippen LogP contribution in [0.25, 0.3) is 0 Å². The van der Waals surface area contributed by atoms with Crippen LogP contribution in [0.2, 0.25) is 0 Å². The molecule has 150 valence electrons. The van der Waals surface area contributed by atoms with Gasteiger partial charge in [0.2, 0.25) is 0 Å². The largest absolute Gasteiger partial charge is 0.375 e. The number of ether oxygens (including phenoxy) is 1. The molecule has 2 aromatic rings. The van der Waals surface area contributed by atoms with Crippen LogP contribution in [0.5, 0.6) is 0 Å². The summed E-state index contributed by atoms with van der Waals surface area (Å²) in [5.74, 6) is 0.105. The minimum atomic E-state index is -0.324. The van der Waals surface area contributed by atoms with E-state index in [1.165, 1.54) is 0 Å². The molecule has 2 heterocycles. The summed E-state index contributed by atoms with van der Waals surface area (Å²) >= 11 is 0. The molecule has 0 radical (unpaired) electrons. The number of aryl methyl sites for hydroxylation is 1. The van der Waals surface area contributed by atoms with E-state index in [9.17, 15) is 9.59 Å². The van der Waals surface area contributed by atoms with Gasteiger partial charge in [0.25, 0.3) is 11.8 Å². The Bertz CT molecular complexity index is 882. The molecule has 3 rings (SSSR count). The fraction of sp³-hybridized carbons (Fsp3) is 0.476. The molecule has 0 saturated carbocycles. The number of amides is 2. The average Bonchev–Trinajstić information content (AvgIpc) is 3.03. The first-order valence-electron chi connectivity index (χ1n) is 9.46. The van der Waals surface area contributed by atoms with E-state index in [1.807, 2.05) is 27.7 Å². The molecule has 1 N–H and O–H groups in total. The summed E-state index contributed by atoms with van der Waals surface area (Å²) in [4.78, 5) is 27.4. The Morgan fingerprint density at radius 2 is 2.04 bits per heavy atom. The number of morpholine rings is 1. The molecule has 0 aliphatic carbocycles. The van der Waals surface area contributed by atoms with Gasteiger partial charge >= 0.3 is 0 Å². The molecule has 0 spiro atoms. The zero-order chi connectivity index (χ0) is 20.5. The van der Waals surface area contributed by atoms with Crippen molar-refractivity contribution in [2.45, 2.75) is 46.1 Å². The lowest BCUT2D eigenvalue weighted by Crippen LogP contribution is -2.44. The number of hydrogen-bond donors (Lipinski definition) is 1. The maximum Gasteiger partial charge on any atom is 0.261 e. The van der Waals surface area contributed by atoms with Crippen LogP contribution >= 0.6 is 0 Å². The van der Waals surface area contributed by atoms with Crippen molar-refractivity contribution >= 4 is 17.5 Å². The molecule has 7 nitrogen and oxygen atoms in total. The first-order chi connectivity index (χ1) is 13.2. The highest BCUT2D eigenvalue weighted by Gasteiger charge is 2.29. The number of carbonyl (C=O) groups excluding carboxylic acids is 2. The van der Waals surface area contributed by atoms with E-state index in [1.54, 1.807) is 36.1 Å². The van der Waals surface area contributed by atoms with Crippen molar-refractivity contribution in [2.24, 2.45) is 0 Å². The second-order valence-corrected chi connectivity index (χ2v) is 8.18. The van der Waals surface area contributed by atoms with E-state index >= 15 is 0 Å². The molecule has 2 amide bonds. The van der Waals surface area contributed by atoms with E-state index < -0.39 is 0 Å². The summed E-state index contributed by atoms with van der Waals surface area (Å²) in [5.41, 5.74) is 1.81. The van der Waals surface area contributed by atoms with Gasteiger partial charge in [-0.1, -0.05) is 32.0 Å². The highest BCUT2D eigenvalue weighted by atomic mass is 16.5. The van der Waals surface area contributed by atoms with Crippen molar-refractivity contribution in [3.8, 4) is 0 Å². The number of anilines is 1. The Labute approximate surface area is 165 Å². The number of carbonyl (C=O) groups is 2. The van der Waals surface area contributed by atoms with Crippen LogP contribution in [0.4, 0.5) is 5.69 Å². The van der Waals surface area contributed by atoms with Crippen LogP contribution in [0, 0.1) is 6.92 Å². The molecule has 1 aromatic heterocycles. The van der Waals surface area contributed by atoms with Crippen molar-refractivity contribution in [3.05, 3.63) is 46.8 Å². The molecule has 1 saturated heterocycles. The Morgan fingerprint density at radius 1 is 1.29 bits per heavy atom. The molecular formula is C21H27N3O4. The third kappa shape index (κ3) is 4.25. The van der Waals surface area contributed by atoms with Crippen LogP contribution in [0.3, 0.4) is 0 Å². The predicted octanol–water partition coefficient (Wildman–Crippen LogP) is 3.39. The van der Waals surface area contributed by atoms with E-state index in [0.29, 0.717) is 48.0 Å². The van der Waals surface area contributed by atoms with Crippen molar-refractivity contribution in [1.82, 2.24) is 10.1 Å². The molecule has 1 fully saturated rings. The number of rotatable bonds is 3. The van der Waals surface area contributed by atoms with E-state index in [4.69, 9.17) is 9.26 Å². The van der Waals surface area contributed by atoms with Gasteiger partial charge in [-0.25, -0.2) is 0 Å². The predicted molar refractivity (Wildman–Crippen MR) is 106 cm³/mol. The van der Waals surface area contributed by atoms with Gasteiger partial charge in [-0.2, -0.15) is 0 Å². The number of aromatic nitrogens is 1. The molecule has 1 aliphatic rings. The minimum Gasteiger partial charge on any atom is -0.375 e. The molecule has 28 heavy (non-hydrogen) atoms. The van der Waals surface area contributed by atoms with Gasteiger partial charge in [0, 0.05) is 29.8 Å². The lowest BCUT2D eigenvalue weighted by Gasteiger charge is -2.31. The van der Waals surface area contributed by atoms with Gasteiger partial charge in [0.15, 0.2) is 0 Å². The number of hydrogen-bond acceptors (Lipinski definition) is 5. The Morgan fingerprint density at radius 3 is 2.71 bits per heavy atom. The third-order valence-electron chi connectivity index (χ3n) is 4.70. The lowest BCUT2D eigenvalue weighted by molar-refractivity contribution is -0.0124. The highest BCUT2D eigenvalue weighted by molar-refractivity contribution is 6.06. The van der Waals surface area contributed by atoms with E-state index in [0.717, 1.165) is 0 Å². The first kappa shape index (κ1) is 20.1. The molecule has 1 unspecified atom stereocenters. The quantitative estimate of drug-likeness (QED) is 0.875. The molecule has 7 heteroatoms. The maximum atomic E-state index is 12.9. The summed E-state index contributed by atoms with van der Waals surface area (Å²) in [6.45, 7) is 11.3. The maximum absolute atomic E-state index is 12.9. The van der Waals surface area contributed by atoms with Crippen LogP contribution in [0.15, 0.2) is 28.8 Å².